The molecule has 1 aliphatic carbocycles. The zero-order valence-electron chi connectivity index (χ0n) is 17.0. The number of aryl methyl sites for hydroxylation is 1. The van der Waals surface area contributed by atoms with Crippen LogP contribution in [0.3, 0.4) is 0 Å². The predicted octanol–water partition coefficient (Wildman–Crippen LogP) is 8.21. The summed E-state index contributed by atoms with van der Waals surface area (Å²) in [6.07, 6.45) is -1.31. The number of halogens is 7. The molecule has 0 amide bonds. The Bertz CT molecular complexity index is 905. The maximum Gasteiger partial charge on any atom is 0.409 e. The summed E-state index contributed by atoms with van der Waals surface area (Å²) in [6.45, 7) is 1.93. The highest BCUT2D eigenvalue weighted by molar-refractivity contribution is 5.52. The summed E-state index contributed by atoms with van der Waals surface area (Å²) in [4.78, 5) is 0. The van der Waals surface area contributed by atoms with Crippen molar-refractivity contribution in [3.63, 3.8) is 0 Å². The molecule has 0 unspecified atom stereocenters. The van der Waals surface area contributed by atoms with Crippen molar-refractivity contribution in [1.29, 1.82) is 0 Å². The van der Waals surface area contributed by atoms with E-state index in [2.05, 4.69) is 0 Å². The van der Waals surface area contributed by atoms with Crippen molar-refractivity contribution in [2.45, 2.75) is 63.5 Å². The van der Waals surface area contributed by atoms with Crippen LogP contribution in [0.5, 0.6) is 0 Å². The maximum absolute atomic E-state index is 14.5. The Kier molecular flexibility index (Phi) is 7.12. The minimum atomic E-state index is -4.67. The van der Waals surface area contributed by atoms with Crippen molar-refractivity contribution >= 4 is 6.08 Å². The van der Waals surface area contributed by atoms with Gasteiger partial charge in [0.2, 0.25) is 0 Å². The molecule has 0 aliphatic heterocycles. The Morgan fingerprint density at radius 1 is 0.806 bits per heavy atom. The second kappa shape index (κ2) is 9.45. The van der Waals surface area contributed by atoms with Gasteiger partial charge in [-0.3, -0.25) is 0 Å². The van der Waals surface area contributed by atoms with E-state index in [0.717, 1.165) is 18.6 Å². The van der Waals surface area contributed by atoms with Crippen LogP contribution in [0.4, 0.5) is 30.7 Å². The third kappa shape index (κ3) is 5.69. The van der Waals surface area contributed by atoms with Crippen LogP contribution in [-0.4, -0.2) is 6.18 Å². The van der Waals surface area contributed by atoms with Crippen molar-refractivity contribution in [2.24, 2.45) is 0 Å². The van der Waals surface area contributed by atoms with Gasteiger partial charge in [-0.05, 0) is 85.4 Å². The summed E-state index contributed by atoms with van der Waals surface area (Å²) in [5, 5.41) is 0. The summed E-state index contributed by atoms with van der Waals surface area (Å²) in [7, 11) is 0. The molecule has 0 atom stereocenters. The normalized spacial score (nSPS) is 19.9. The van der Waals surface area contributed by atoms with Crippen molar-refractivity contribution in [3.05, 3.63) is 75.9 Å². The molecule has 0 radical (unpaired) electrons. The summed E-state index contributed by atoms with van der Waals surface area (Å²) in [5.74, 6) is -3.82. The molecule has 1 saturated carbocycles. The van der Waals surface area contributed by atoms with E-state index in [1.807, 2.05) is 6.92 Å². The van der Waals surface area contributed by atoms with Gasteiger partial charge in [0, 0.05) is 17.2 Å². The van der Waals surface area contributed by atoms with E-state index < -0.39 is 35.0 Å². The molecule has 0 bridgehead atoms. The molecule has 0 heterocycles. The van der Waals surface area contributed by atoms with E-state index in [9.17, 15) is 30.7 Å². The van der Waals surface area contributed by atoms with Crippen LogP contribution in [-0.2, 0) is 6.42 Å². The molecule has 0 N–H and O–H groups in total. The van der Waals surface area contributed by atoms with Crippen LogP contribution in [0.25, 0.3) is 6.08 Å². The van der Waals surface area contributed by atoms with E-state index in [1.54, 1.807) is 0 Å². The van der Waals surface area contributed by atoms with Crippen molar-refractivity contribution < 1.29 is 30.7 Å². The molecular weight excluding hydrogens is 421 g/mol. The summed E-state index contributed by atoms with van der Waals surface area (Å²) in [5.41, 5.74) is 0.270. The van der Waals surface area contributed by atoms with Gasteiger partial charge in [0.25, 0.3) is 0 Å². The topological polar surface area (TPSA) is 0 Å². The van der Waals surface area contributed by atoms with Gasteiger partial charge >= 0.3 is 6.18 Å². The number of rotatable bonds is 5. The summed E-state index contributed by atoms with van der Waals surface area (Å²) < 4.78 is 94.4. The molecule has 0 nitrogen and oxygen atoms in total. The molecule has 2 aromatic carbocycles. The Morgan fingerprint density at radius 2 is 1.32 bits per heavy atom. The zero-order valence-corrected chi connectivity index (χ0v) is 17.0. The lowest BCUT2D eigenvalue weighted by Crippen LogP contribution is -2.15. The summed E-state index contributed by atoms with van der Waals surface area (Å²) >= 11 is 0. The highest BCUT2D eigenvalue weighted by Crippen LogP contribution is 2.42. The van der Waals surface area contributed by atoms with Crippen LogP contribution in [0.15, 0.2) is 30.3 Å². The van der Waals surface area contributed by atoms with Crippen molar-refractivity contribution in [3.8, 4) is 0 Å². The van der Waals surface area contributed by atoms with Gasteiger partial charge in [0.05, 0.1) is 0 Å². The number of hydrogen-bond donors (Lipinski definition) is 0. The maximum atomic E-state index is 14.5. The Balaban J connectivity index is 1.74. The molecule has 31 heavy (non-hydrogen) atoms. The Labute approximate surface area is 176 Å². The molecule has 168 valence electrons. The summed E-state index contributed by atoms with van der Waals surface area (Å²) in [6, 6.07) is 4.83. The standard InChI is InChI=1S/C24H23F7/c1-2-3-14-10-21(27)23(22(28)11-14)16-6-4-15(5-7-16)17-12-19(25)18(20(26)13-17)8-9-24(29,30)31/h8-13,15-16H,2-7H2,1H3. The number of hydrogen-bond acceptors (Lipinski definition) is 0. The van der Waals surface area contributed by atoms with Gasteiger partial charge in [-0.2, -0.15) is 13.2 Å². The quantitative estimate of drug-likeness (QED) is 0.408. The lowest BCUT2D eigenvalue weighted by molar-refractivity contribution is -0.0790. The fourth-order valence-corrected chi connectivity index (χ4v) is 4.35. The van der Waals surface area contributed by atoms with E-state index >= 15 is 0 Å². The second-order valence-electron chi connectivity index (χ2n) is 8.04. The molecule has 1 aliphatic rings. The SMILES string of the molecule is CCCc1cc(F)c(C2CCC(c3cc(F)c(C=CC(F)(F)F)c(F)c3)CC2)c(F)c1. The fourth-order valence-electron chi connectivity index (χ4n) is 4.35. The molecule has 7 heteroatoms. The Hall–Kier alpha value is -2.31. The van der Waals surface area contributed by atoms with E-state index in [-0.39, 0.29) is 23.5 Å². The fraction of sp³-hybridized carbons (Fsp3) is 0.417. The molecule has 2 aromatic rings. The predicted molar refractivity (Wildman–Crippen MR) is 106 cm³/mol. The largest absolute Gasteiger partial charge is 0.409 e. The molecule has 0 spiro atoms. The Morgan fingerprint density at radius 3 is 1.81 bits per heavy atom. The monoisotopic (exact) mass is 444 g/mol. The van der Waals surface area contributed by atoms with Crippen LogP contribution < -0.4 is 0 Å². The van der Waals surface area contributed by atoms with Gasteiger partial charge in [0.1, 0.15) is 23.3 Å². The number of benzene rings is 2. The average Bonchev–Trinajstić information content (AvgIpc) is 2.66. The third-order valence-corrected chi connectivity index (χ3v) is 5.82. The van der Waals surface area contributed by atoms with Crippen LogP contribution >= 0.6 is 0 Å². The second-order valence-corrected chi connectivity index (χ2v) is 8.04. The smallest absolute Gasteiger partial charge is 0.207 e. The number of allylic oxidation sites excluding steroid dienone is 1. The van der Waals surface area contributed by atoms with E-state index in [1.165, 1.54) is 12.1 Å². The van der Waals surface area contributed by atoms with Crippen LogP contribution in [0, 0.1) is 23.3 Å². The van der Waals surface area contributed by atoms with Gasteiger partial charge in [-0.1, -0.05) is 13.3 Å². The van der Waals surface area contributed by atoms with E-state index in [0.29, 0.717) is 49.3 Å². The molecule has 3 rings (SSSR count). The third-order valence-electron chi connectivity index (χ3n) is 5.82. The van der Waals surface area contributed by atoms with E-state index in [4.69, 9.17) is 0 Å². The number of alkyl halides is 3. The molecule has 0 saturated heterocycles. The highest BCUT2D eigenvalue weighted by atomic mass is 19.4. The molecule has 1 fully saturated rings. The van der Waals surface area contributed by atoms with Crippen LogP contribution in [0.1, 0.15) is 73.1 Å². The minimum absolute atomic E-state index is 0.0586. The first kappa shape index (κ1) is 23.4. The molecular formula is C24H23F7. The van der Waals surface area contributed by atoms with Gasteiger partial charge < -0.3 is 0 Å². The van der Waals surface area contributed by atoms with Gasteiger partial charge in [0.15, 0.2) is 0 Å². The lowest BCUT2D eigenvalue weighted by atomic mass is 9.75. The van der Waals surface area contributed by atoms with Gasteiger partial charge in [-0.25, -0.2) is 17.6 Å². The van der Waals surface area contributed by atoms with Crippen molar-refractivity contribution in [1.82, 2.24) is 0 Å². The average molecular weight is 444 g/mol. The lowest BCUT2D eigenvalue weighted by Gasteiger charge is -2.30. The molecule has 0 aromatic heterocycles. The van der Waals surface area contributed by atoms with Gasteiger partial charge in [-0.15, -0.1) is 0 Å². The van der Waals surface area contributed by atoms with Crippen LogP contribution in [0.2, 0.25) is 0 Å². The highest BCUT2D eigenvalue weighted by Gasteiger charge is 2.29. The first-order valence-corrected chi connectivity index (χ1v) is 10.3. The first-order valence-electron chi connectivity index (χ1n) is 10.3. The first-order chi connectivity index (χ1) is 14.6. The minimum Gasteiger partial charge on any atom is -0.207 e. The van der Waals surface area contributed by atoms with Crippen molar-refractivity contribution in [2.75, 3.05) is 0 Å². The zero-order chi connectivity index (χ0) is 22.8.